The third-order valence-electron chi connectivity index (χ3n) is 4.38. The molecule has 0 bridgehead atoms. The van der Waals surface area contributed by atoms with Gasteiger partial charge in [0.2, 0.25) is 11.8 Å². The van der Waals surface area contributed by atoms with Gasteiger partial charge >= 0.3 is 0 Å². The first-order valence-electron chi connectivity index (χ1n) is 7.43. The molecule has 110 valence electrons. The van der Waals surface area contributed by atoms with Gasteiger partial charge in [-0.25, -0.2) is 0 Å². The summed E-state index contributed by atoms with van der Waals surface area (Å²) in [6.45, 7) is 11.7. The zero-order chi connectivity index (χ0) is 14.8. The normalized spacial score (nSPS) is 23.2. The van der Waals surface area contributed by atoms with Crippen LogP contribution in [-0.2, 0) is 9.59 Å². The monoisotopic (exact) mass is 268 g/mol. The van der Waals surface area contributed by atoms with E-state index in [4.69, 9.17) is 0 Å². The molecule has 0 aromatic carbocycles. The molecule has 1 saturated heterocycles. The maximum absolute atomic E-state index is 12.8. The summed E-state index contributed by atoms with van der Waals surface area (Å²) in [6, 6.07) is 0.0997. The molecule has 1 fully saturated rings. The molecule has 2 amide bonds. The van der Waals surface area contributed by atoms with E-state index in [0.29, 0.717) is 12.8 Å². The zero-order valence-electron chi connectivity index (χ0n) is 13.2. The van der Waals surface area contributed by atoms with Crippen LogP contribution in [0.5, 0.6) is 0 Å². The maximum Gasteiger partial charge on any atom is 0.248 e. The predicted molar refractivity (Wildman–Crippen MR) is 76.8 cm³/mol. The first kappa shape index (κ1) is 16.0. The summed E-state index contributed by atoms with van der Waals surface area (Å²) in [5, 5.41) is 2.89. The van der Waals surface area contributed by atoms with Gasteiger partial charge in [0, 0.05) is 6.04 Å². The van der Waals surface area contributed by atoms with Crippen LogP contribution in [0.3, 0.4) is 0 Å². The average Bonchev–Trinajstić information content (AvgIpc) is 2.33. The molecule has 4 nitrogen and oxygen atoms in total. The Morgan fingerprint density at radius 1 is 1.16 bits per heavy atom. The minimum absolute atomic E-state index is 0.00921. The van der Waals surface area contributed by atoms with E-state index in [9.17, 15) is 9.59 Å². The summed E-state index contributed by atoms with van der Waals surface area (Å²) in [6.07, 6.45) is 3.25. The smallest absolute Gasteiger partial charge is 0.248 e. The molecular formula is C15H28N2O2. The Labute approximate surface area is 116 Å². The molecule has 0 aliphatic carbocycles. The molecule has 1 aliphatic rings. The molecule has 0 saturated carbocycles. The van der Waals surface area contributed by atoms with Gasteiger partial charge in [0.15, 0.2) is 0 Å². The molecule has 4 heteroatoms. The lowest BCUT2D eigenvalue weighted by molar-refractivity contribution is -0.166. The van der Waals surface area contributed by atoms with Crippen molar-refractivity contribution in [3.63, 3.8) is 0 Å². The van der Waals surface area contributed by atoms with Crippen molar-refractivity contribution in [1.29, 1.82) is 0 Å². The van der Waals surface area contributed by atoms with Crippen LogP contribution in [0.25, 0.3) is 0 Å². The van der Waals surface area contributed by atoms with Crippen molar-refractivity contribution in [2.45, 2.75) is 84.3 Å². The lowest BCUT2D eigenvalue weighted by Crippen LogP contribution is -2.75. The van der Waals surface area contributed by atoms with Gasteiger partial charge in [-0.1, -0.05) is 27.2 Å². The topological polar surface area (TPSA) is 49.4 Å². The fourth-order valence-electron chi connectivity index (χ4n) is 3.14. The average molecular weight is 268 g/mol. The third-order valence-corrected chi connectivity index (χ3v) is 4.38. The van der Waals surface area contributed by atoms with Crippen LogP contribution in [0.1, 0.15) is 67.2 Å². The molecule has 1 atom stereocenters. The van der Waals surface area contributed by atoms with E-state index in [1.54, 1.807) is 13.8 Å². The number of rotatable bonds is 5. The first-order chi connectivity index (χ1) is 8.76. The van der Waals surface area contributed by atoms with Crippen LogP contribution >= 0.6 is 0 Å². The molecular weight excluding hydrogens is 240 g/mol. The molecule has 0 aromatic heterocycles. The second kappa shape index (κ2) is 5.51. The van der Waals surface area contributed by atoms with Gasteiger partial charge in [-0.2, -0.15) is 0 Å². The summed E-state index contributed by atoms with van der Waals surface area (Å²) in [4.78, 5) is 27.2. The van der Waals surface area contributed by atoms with Crippen molar-refractivity contribution in [1.82, 2.24) is 10.2 Å². The van der Waals surface area contributed by atoms with Crippen LogP contribution in [0.2, 0.25) is 0 Å². The molecule has 1 unspecified atom stereocenters. The SMILES string of the molecule is CCCC(C)N1C(=O)C(C)(C)NC(=O)C1(CC)CC. The van der Waals surface area contributed by atoms with Gasteiger partial charge in [0.1, 0.15) is 11.1 Å². The summed E-state index contributed by atoms with van der Waals surface area (Å²) >= 11 is 0. The molecule has 19 heavy (non-hydrogen) atoms. The van der Waals surface area contributed by atoms with Gasteiger partial charge < -0.3 is 10.2 Å². The summed E-state index contributed by atoms with van der Waals surface area (Å²) < 4.78 is 0. The van der Waals surface area contributed by atoms with Crippen LogP contribution < -0.4 is 5.32 Å². The number of nitrogens with zero attached hydrogens (tertiary/aromatic N) is 1. The Balaban J connectivity index is 3.27. The summed E-state index contributed by atoms with van der Waals surface area (Å²) in [5.74, 6) is 0.0294. The minimum Gasteiger partial charge on any atom is -0.340 e. The predicted octanol–water partition coefficient (Wildman–Crippen LogP) is 2.47. The molecule has 1 N–H and O–H groups in total. The van der Waals surface area contributed by atoms with Crippen LogP contribution in [0.15, 0.2) is 0 Å². The highest BCUT2D eigenvalue weighted by molar-refractivity contribution is 6.02. The molecule has 1 rings (SSSR count). The number of hydrogen-bond acceptors (Lipinski definition) is 2. The fourth-order valence-corrected chi connectivity index (χ4v) is 3.14. The van der Waals surface area contributed by atoms with Crippen LogP contribution in [0, 0.1) is 0 Å². The first-order valence-corrected chi connectivity index (χ1v) is 7.43. The Kier molecular flexibility index (Phi) is 4.64. The van der Waals surface area contributed by atoms with Crippen molar-refractivity contribution in [2.75, 3.05) is 0 Å². The summed E-state index contributed by atoms with van der Waals surface area (Å²) in [5.41, 5.74) is -1.48. The van der Waals surface area contributed by atoms with Gasteiger partial charge in [-0.05, 0) is 40.0 Å². The van der Waals surface area contributed by atoms with Crippen LogP contribution in [0.4, 0.5) is 0 Å². The fraction of sp³-hybridized carbons (Fsp3) is 0.867. The van der Waals surface area contributed by atoms with Crippen molar-refractivity contribution >= 4 is 11.8 Å². The van der Waals surface area contributed by atoms with Crippen LogP contribution in [-0.4, -0.2) is 33.8 Å². The summed E-state index contributed by atoms with van der Waals surface area (Å²) in [7, 11) is 0. The number of piperazine rings is 1. The largest absolute Gasteiger partial charge is 0.340 e. The molecule has 1 heterocycles. The Hall–Kier alpha value is -1.06. The van der Waals surface area contributed by atoms with Gasteiger partial charge in [-0.3, -0.25) is 9.59 Å². The highest BCUT2D eigenvalue weighted by Crippen LogP contribution is 2.34. The number of amides is 2. The second-order valence-electron chi connectivity index (χ2n) is 6.13. The lowest BCUT2D eigenvalue weighted by Gasteiger charge is -2.52. The zero-order valence-corrected chi connectivity index (χ0v) is 13.2. The van der Waals surface area contributed by atoms with Crippen molar-refractivity contribution in [2.24, 2.45) is 0 Å². The second-order valence-corrected chi connectivity index (χ2v) is 6.13. The third kappa shape index (κ3) is 2.49. The molecule has 0 aromatic rings. The highest BCUT2D eigenvalue weighted by Gasteiger charge is 2.54. The number of carbonyl (C=O) groups is 2. The Morgan fingerprint density at radius 2 is 1.68 bits per heavy atom. The lowest BCUT2D eigenvalue weighted by atomic mass is 9.81. The van der Waals surface area contributed by atoms with E-state index in [1.165, 1.54) is 0 Å². The van der Waals surface area contributed by atoms with Gasteiger partial charge in [0.25, 0.3) is 0 Å². The number of nitrogens with one attached hydrogen (secondary N) is 1. The van der Waals surface area contributed by atoms with Crippen molar-refractivity contribution in [3.8, 4) is 0 Å². The quantitative estimate of drug-likeness (QED) is 0.832. The maximum atomic E-state index is 12.8. The Morgan fingerprint density at radius 3 is 2.11 bits per heavy atom. The van der Waals surface area contributed by atoms with Crippen molar-refractivity contribution in [3.05, 3.63) is 0 Å². The van der Waals surface area contributed by atoms with E-state index in [1.807, 2.05) is 18.7 Å². The van der Waals surface area contributed by atoms with Gasteiger partial charge in [-0.15, -0.1) is 0 Å². The molecule has 1 aliphatic heterocycles. The highest BCUT2D eigenvalue weighted by atomic mass is 16.2. The van der Waals surface area contributed by atoms with Gasteiger partial charge in [0.05, 0.1) is 0 Å². The molecule has 0 spiro atoms. The number of hydrogen-bond donors (Lipinski definition) is 1. The van der Waals surface area contributed by atoms with E-state index >= 15 is 0 Å². The standard InChI is InChI=1S/C15H28N2O2/c1-7-10-11(4)17-13(19)14(5,6)16-12(18)15(17,8-2)9-3/h11H,7-10H2,1-6H3,(H,16,18). The van der Waals surface area contributed by atoms with E-state index in [2.05, 4.69) is 19.2 Å². The minimum atomic E-state index is -0.799. The molecule has 0 radical (unpaired) electrons. The Bertz CT molecular complexity index is 359. The van der Waals surface area contributed by atoms with E-state index in [-0.39, 0.29) is 17.9 Å². The van der Waals surface area contributed by atoms with E-state index in [0.717, 1.165) is 12.8 Å². The number of carbonyl (C=O) groups excluding carboxylic acids is 2. The van der Waals surface area contributed by atoms with Crippen molar-refractivity contribution < 1.29 is 9.59 Å². The van der Waals surface area contributed by atoms with E-state index < -0.39 is 11.1 Å².